The summed E-state index contributed by atoms with van der Waals surface area (Å²) in [5, 5.41) is 12.8. The number of benzene rings is 1. The predicted octanol–water partition coefficient (Wildman–Crippen LogP) is 3.73. The Labute approximate surface area is 138 Å². The van der Waals surface area contributed by atoms with Crippen molar-refractivity contribution in [2.45, 2.75) is 57.9 Å². The van der Waals surface area contributed by atoms with Crippen LogP contribution in [0.2, 0.25) is 0 Å². The lowest BCUT2D eigenvalue weighted by Gasteiger charge is -2.26. The molecule has 1 saturated carbocycles. The van der Waals surface area contributed by atoms with Gasteiger partial charge in [-0.25, -0.2) is 0 Å². The molecule has 4 nitrogen and oxygen atoms in total. The highest BCUT2D eigenvalue weighted by Crippen LogP contribution is 2.27. The first-order valence-corrected chi connectivity index (χ1v) is 8.48. The highest BCUT2D eigenvalue weighted by molar-refractivity contribution is 5.79. The summed E-state index contributed by atoms with van der Waals surface area (Å²) in [5.41, 5.74) is 2.22. The topological polar surface area (TPSA) is 58.6 Å². The van der Waals surface area contributed by atoms with E-state index < -0.39 is 0 Å². The normalized spacial score (nSPS) is 19.6. The molecule has 1 amide bonds. The lowest BCUT2D eigenvalue weighted by Crippen LogP contribution is -2.38. The molecule has 1 aromatic carbocycles. The molecule has 0 bridgehead atoms. The van der Waals surface area contributed by atoms with Gasteiger partial charge in [0.15, 0.2) is 11.5 Å². The number of unbranched alkanes of at least 4 members (excludes halogenated alkanes) is 1. The fourth-order valence-electron chi connectivity index (χ4n) is 3.04. The molecule has 1 atom stereocenters. The van der Waals surface area contributed by atoms with Gasteiger partial charge in [-0.1, -0.05) is 37.5 Å². The highest BCUT2D eigenvalue weighted by Gasteiger charge is 2.20. The van der Waals surface area contributed by atoms with Gasteiger partial charge in [0, 0.05) is 0 Å². The Morgan fingerprint density at radius 3 is 3.00 bits per heavy atom. The molecule has 0 radical (unpaired) electrons. The van der Waals surface area contributed by atoms with Gasteiger partial charge >= 0.3 is 0 Å². The molecule has 1 aliphatic rings. The Hall–Kier alpha value is -1.97. The number of methoxy groups -OCH3 is 1. The van der Waals surface area contributed by atoms with E-state index in [2.05, 4.69) is 18.3 Å². The fourth-order valence-corrected chi connectivity index (χ4v) is 3.04. The number of amides is 1. The number of rotatable bonds is 6. The van der Waals surface area contributed by atoms with Crippen LogP contribution in [0.5, 0.6) is 11.5 Å². The first kappa shape index (κ1) is 17.4. The minimum Gasteiger partial charge on any atom is -0.504 e. The maximum Gasteiger partial charge on any atom is 0.224 e. The summed E-state index contributed by atoms with van der Waals surface area (Å²) in [6.45, 7) is 2.17. The van der Waals surface area contributed by atoms with Gasteiger partial charge < -0.3 is 15.2 Å². The second-order valence-corrected chi connectivity index (χ2v) is 6.12. The van der Waals surface area contributed by atoms with Gasteiger partial charge in [0.2, 0.25) is 5.91 Å². The van der Waals surface area contributed by atoms with Crippen LogP contribution < -0.4 is 10.1 Å². The first-order chi connectivity index (χ1) is 11.1. The quantitative estimate of drug-likeness (QED) is 0.786. The van der Waals surface area contributed by atoms with Gasteiger partial charge in [0.25, 0.3) is 0 Å². The van der Waals surface area contributed by atoms with Gasteiger partial charge in [-0.2, -0.15) is 0 Å². The molecule has 0 aromatic heterocycles. The second kappa shape index (κ2) is 8.61. The smallest absolute Gasteiger partial charge is 0.224 e. The first-order valence-electron chi connectivity index (χ1n) is 8.48. The summed E-state index contributed by atoms with van der Waals surface area (Å²) in [6, 6.07) is 5.21. The van der Waals surface area contributed by atoms with Gasteiger partial charge in [-0.15, -0.1) is 0 Å². The van der Waals surface area contributed by atoms with E-state index in [1.54, 1.807) is 18.2 Å². The van der Waals surface area contributed by atoms with E-state index in [4.69, 9.17) is 4.74 Å². The molecule has 2 N–H and O–H groups in total. The van der Waals surface area contributed by atoms with E-state index in [9.17, 15) is 9.90 Å². The van der Waals surface area contributed by atoms with Crippen molar-refractivity contribution in [1.82, 2.24) is 5.32 Å². The van der Waals surface area contributed by atoms with Crippen molar-refractivity contribution in [1.29, 1.82) is 0 Å². The molecular formula is C19H27NO3. The Balaban J connectivity index is 1.97. The Morgan fingerprint density at radius 1 is 1.43 bits per heavy atom. The molecule has 0 aliphatic heterocycles. The van der Waals surface area contributed by atoms with Gasteiger partial charge in [-0.05, 0) is 43.4 Å². The van der Waals surface area contributed by atoms with Crippen LogP contribution in [-0.2, 0) is 11.2 Å². The summed E-state index contributed by atoms with van der Waals surface area (Å²) in [7, 11) is 1.51. The number of aromatic hydroxyl groups is 1. The summed E-state index contributed by atoms with van der Waals surface area (Å²) in [6.07, 6.45) is 9.33. The molecule has 4 heteroatoms. The average molecular weight is 317 g/mol. The van der Waals surface area contributed by atoms with Crippen molar-refractivity contribution in [2.24, 2.45) is 0 Å². The van der Waals surface area contributed by atoms with Crippen molar-refractivity contribution >= 4 is 5.91 Å². The number of phenolic OH excluding ortho intramolecular Hbond substituents is 1. The van der Waals surface area contributed by atoms with Crippen LogP contribution in [-0.4, -0.2) is 24.2 Å². The predicted molar refractivity (Wildman–Crippen MR) is 91.8 cm³/mol. The lowest BCUT2D eigenvalue weighted by atomic mass is 9.89. The van der Waals surface area contributed by atoms with Crippen LogP contribution in [0.1, 0.15) is 51.0 Å². The SMILES string of the molecule is CCC/C=C1\CCCCC1NC(=O)Cc1ccc(O)c(OC)c1. The lowest BCUT2D eigenvalue weighted by molar-refractivity contribution is -0.121. The monoisotopic (exact) mass is 317 g/mol. The van der Waals surface area contributed by atoms with Gasteiger partial charge in [0.1, 0.15) is 0 Å². The third-order valence-electron chi connectivity index (χ3n) is 4.30. The molecule has 1 aromatic rings. The zero-order chi connectivity index (χ0) is 16.7. The summed E-state index contributed by atoms with van der Waals surface area (Å²) < 4.78 is 5.09. The highest BCUT2D eigenvalue weighted by atomic mass is 16.5. The number of nitrogens with one attached hydrogen (secondary N) is 1. The van der Waals surface area contributed by atoms with Crippen molar-refractivity contribution in [3.8, 4) is 11.5 Å². The van der Waals surface area contributed by atoms with Crippen molar-refractivity contribution in [2.75, 3.05) is 7.11 Å². The maximum atomic E-state index is 12.3. The van der Waals surface area contributed by atoms with E-state index >= 15 is 0 Å². The minimum atomic E-state index is 0.0204. The van der Waals surface area contributed by atoms with E-state index in [1.807, 2.05) is 0 Å². The molecule has 0 saturated heterocycles. The molecule has 126 valence electrons. The van der Waals surface area contributed by atoms with Crippen LogP contribution in [0.4, 0.5) is 0 Å². The average Bonchev–Trinajstić information content (AvgIpc) is 2.55. The van der Waals surface area contributed by atoms with Gasteiger partial charge in [0.05, 0.1) is 19.6 Å². The Morgan fingerprint density at radius 2 is 2.26 bits per heavy atom. The third kappa shape index (κ3) is 5.02. The number of ether oxygens (including phenoxy) is 1. The molecule has 2 rings (SSSR count). The van der Waals surface area contributed by atoms with Crippen LogP contribution in [0, 0.1) is 0 Å². The zero-order valence-corrected chi connectivity index (χ0v) is 14.1. The fraction of sp³-hybridized carbons (Fsp3) is 0.526. The standard InChI is InChI=1S/C19H27NO3/c1-3-4-7-15-8-5-6-9-16(15)20-19(22)13-14-10-11-17(21)18(12-14)23-2/h7,10-12,16,21H,3-6,8-9,13H2,1-2H3,(H,20,22)/b15-7+. The maximum absolute atomic E-state index is 12.3. The van der Waals surface area contributed by atoms with Crippen LogP contribution in [0.3, 0.4) is 0 Å². The summed E-state index contributed by atoms with van der Waals surface area (Å²) >= 11 is 0. The van der Waals surface area contributed by atoms with Crippen LogP contribution >= 0.6 is 0 Å². The zero-order valence-electron chi connectivity index (χ0n) is 14.1. The molecule has 1 fully saturated rings. The number of phenols is 1. The Bertz CT molecular complexity index is 566. The number of carbonyl (C=O) groups is 1. The summed E-state index contributed by atoms with van der Waals surface area (Å²) in [4.78, 5) is 12.3. The number of hydrogen-bond donors (Lipinski definition) is 2. The number of hydrogen-bond acceptors (Lipinski definition) is 3. The largest absolute Gasteiger partial charge is 0.504 e. The van der Waals surface area contributed by atoms with Crippen LogP contribution in [0.25, 0.3) is 0 Å². The molecule has 23 heavy (non-hydrogen) atoms. The van der Waals surface area contributed by atoms with Crippen molar-refractivity contribution in [3.05, 3.63) is 35.4 Å². The molecule has 1 unspecified atom stereocenters. The third-order valence-corrected chi connectivity index (χ3v) is 4.30. The van der Waals surface area contributed by atoms with E-state index in [-0.39, 0.29) is 17.7 Å². The second-order valence-electron chi connectivity index (χ2n) is 6.12. The Kier molecular flexibility index (Phi) is 6.51. The molecule has 0 spiro atoms. The van der Waals surface area contributed by atoms with E-state index in [0.717, 1.165) is 31.2 Å². The van der Waals surface area contributed by atoms with E-state index in [1.165, 1.54) is 25.5 Å². The van der Waals surface area contributed by atoms with Crippen LogP contribution in [0.15, 0.2) is 29.8 Å². The van der Waals surface area contributed by atoms with Crippen molar-refractivity contribution in [3.63, 3.8) is 0 Å². The molecular weight excluding hydrogens is 290 g/mol. The number of allylic oxidation sites excluding steroid dienone is 1. The van der Waals surface area contributed by atoms with E-state index in [0.29, 0.717) is 12.2 Å². The summed E-state index contributed by atoms with van der Waals surface area (Å²) in [5.74, 6) is 0.511. The molecule has 1 aliphatic carbocycles. The minimum absolute atomic E-state index is 0.0204. The van der Waals surface area contributed by atoms with Crippen molar-refractivity contribution < 1.29 is 14.6 Å². The molecule has 0 heterocycles. The van der Waals surface area contributed by atoms with Gasteiger partial charge in [-0.3, -0.25) is 4.79 Å². The number of carbonyl (C=O) groups excluding carboxylic acids is 1.